The van der Waals surface area contributed by atoms with Gasteiger partial charge in [0.1, 0.15) is 0 Å². The highest BCUT2D eigenvalue weighted by atomic mass is 32.1. The van der Waals surface area contributed by atoms with Crippen molar-refractivity contribution < 1.29 is 0 Å². The number of hydrogen-bond acceptors (Lipinski definition) is 2. The molecule has 0 amide bonds. The van der Waals surface area contributed by atoms with Crippen molar-refractivity contribution in [2.24, 2.45) is 0 Å². The fourth-order valence-electron chi connectivity index (χ4n) is 1.52. The summed E-state index contributed by atoms with van der Waals surface area (Å²) in [6.45, 7) is 11.4. The Hall–Kier alpha value is -1.67. The molecule has 0 fully saturated rings. The van der Waals surface area contributed by atoms with Gasteiger partial charge in [0.2, 0.25) is 0 Å². The van der Waals surface area contributed by atoms with Gasteiger partial charge in [-0.2, -0.15) is 0 Å². The fourth-order valence-corrected chi connectivity index (χ4v) is 2.54. The molecule has 0 N–H and O–H groups in total. The van der Waals surface area contributed by atoms with E-state index in [0.717, 1.165) is 15.0 Å². The third-order valence-electron chi connectivity index (χ3n) is 2.25. The molecule has 0 radical (unpaired) electrons. The minimum atomic E-state index is 0.0363. The molecule has 0 unspecified atom stereocenters. The summed E-state index contributed by atoms with van der Waals surface area (Å²) in [4.78, 5) is 12.9. The molecule has 2 heteroatoms. The molecule has 0 aliphatic heterocycles. The Balaban J connectivity index is 0.000000686. The molecule has 0 atom stereocenters. The average Bonchev–Trinajstić information content (AvgIpc) is 2.41. The molecule has 0 saturated heterocycles. The van der Waals surface area contributed by atoms with Crippen LogP contribution in [-0.4, -0.2) is 0 Å². The van der Waals surface area contributed by atoms with Crippen molar-refractivity contribution in [3.63, 3.8) is 0 Å². The van der Waals surface area contributed by atoms with Gasteiger partial charge in [0.15, 0.2) is 5.43 Å². The van der Waals surface area contributed by atoms with Crippen molar-refractivity contribution in [2.45, 2.75) is 13.8 Å². The predicted octanol–water partition coefficient (Wildman–Crippen LogP) is 4.57. The molecule has 2 aromatic rings. The summed E-state index contributed by atoms with van der Waals surface area (Å²) in [5, 5.41) is 0.753. The standard InChI is InChI=1S/C13H10OS.C2H6/c1-3-9-11(4-2)15-12-8-6-5-7-10(12)13(9)14;1-2/h3-8H,1-2H2;1-2H3. The van der Waals surface area contributed by atoms with E-state index in [1.807, 2.05) is 38.1 Å². The molecule has 0 aliphatic carbocycles. The van der Waals surface area contributed by atoms with E-state index in [2.05, 4.69) is 13.2 Å². The van der Waals surface area contributed by atoms with E-state index >= 15 is 0 Å². The Morgan fingerprint density at radius 3 is 2.35 bits per heavy atom. The van der Waals surface area contributed by atoms with E-state index in [0.29, 0.717) is 5.56 Å². The maximum Gasteiger partial charge on any atom is 0.195 e. The molecule has 2 rings (SSSR count). The van der Waals surface area contributed by atoms with Gasteiger partial charge in [0, 0.05) is 20.5 Å². The zero-order valence-electron chi connectivity index (χ0n) is 10.2. The molecule has 88 valence electrons. The quantitative estimate of drug-likeness (QED) is 0.756. The first-order valence-corrected chi connectivity index (χ1v) is 6.40. The van der Waals surface area contributed by atoms with Crippen LogP contribution >= 0.6 is 11.3 Å². The van der Waals surface area contributed by atoms with E-state index in [9.17, 15) is 4.79 Å². The fraction of sp³-hybridized carbons (Fsp3) is 0.133. The van der Waals surface area contributed by atoms with Gasteiger partial charge in [-0.1, -0.05) is 51.3 Å². The number of rotatable bonds is 2. The zero-order chi connectivity index (χ0) is 12.8. The van der Waals surface area contributed by atoms with Crippen LogP contribution in [0.5, 0.6) is 0 Å². The molecule has 0 bridgehead atoms. The Morgan fingerprint density at radius 1 is 1.12 bits per heavy atom. The highest BCUT2D eigenvalue weighted by molar-refractivity contribution is 7.19. The highest BCUT2D eigenvalue weighted by Gasteiger charge is 2.06. The van der Waals surface area contributed by atoms with Crippen LogP contribution in [0, 0.1) is 0 Å². The lowest BCUT2D eigenvalue weighted by molar-refractivity contribution is 1.50. The zero-order valence-corrected chi connectivity index (χ0v) is 11.0. The summed E-state index contributed by atoms with van der Waals surface area (Å²) in [6.07, 6.45) is 3.30. The summed E-state index contributed by atoms with van der Waals surface area (Å²) in [5.74, 6) is 0. The molecule has 0 aliphatic rings. The lowest BCUT2D eigenvalue weighted by atomic mass is 10.1. The smallest absolute Gasteiger partial charge is 0.195 e. The Morgan fingerprint density at radius 2 is 1.76 bits per heavy atom. The SMILES string of the molecule is C=Cc1sc2ccccc2c(=O)c1C=C.CC. The van der Waals surface area contributed by atoms with Gasteiger partial charge in [-0.25, -0.2) is 0 Å². The monoisotopic (exact) mass is 244 g/mol. The minimum absolute atomic E-state index is 0.0363. The third-order valence-corrected chi connectivity index (χ3v) is 3.43. The van der Waals surface area contributed by atoms with Gasteiger partial charge in [-0.15, -0.1) is 11.3 Å². The maximum absolute atomic E-state index is 12.0. The maximum atomic E-state index is 12.0. The second-order valence-electron chi connectivity index (χ2n) is 3.11. The molecule has 1 heterocycles. The summed E-state index contributed by atoms with van der Waals surface area (Å²) in [6, 6.07) is 7.59. The summed E-state index contributed by atoms with van der Waals surface area (Å²) in [5.41, 5.74) is 0.683. The highest BCUT2D eigenvalue weighted by Crippen LogP contribution is 2.23. The molecule has 0 spiro atoms. The number of benzene rings is 1. The normalized spacial score (nSPS) is 9.29. The van der Waals surface area contributed by atoms with E-state index in [-0.39, 0.29) is 5.43 Å². The van der Waals surface area contributed by atoms with Crippen molar-refractivity contribution >= 4 is 33.6 Å². The lowest BCUT2D eigenvalue weighted by Gasteiger charge is -2.02. The lowest BCUT2D eigenvalue weighted by Crippen LogP contribution is -2.05. The Kier molecular flexibility index (Phi) is 4.85. The van der Waals surface area contributed by atoms with Crippen LogP contribution in [0.2, 0.25) is 0 Å². The Bertz CT molecular complexity index is 593. The molecular weight excluding hydrogens is 228 g/mol. The van der Waals surface area contributed by atoms with Gasteiger partial charge in [-0.05, 0) is 12.1 Å². The minimum Gasteiger partial charge on any atom is -0.289 e. The van der Waals surface area contributed by atoms with Crippen LogP contribution in [0.15, 0.2) is 42.2 Å². The molecule has 1 aromatic carbocycles. The second-order valence-corrected chi connectivity index (χ2v) is 4.20. The Labute approximate surface area is 106 Å². The first-order valence-electron chi connectivity index (χ1n) is 5.58. The van der Waals surface area contributed by atoms with Crippen molar-refractivity contribution in [2.75, 3.05) is 0 Å². The van der Waals surface area contributed by atoms with Gasteiger partial charge in [0.25, 0.3) is 0 Å². The van der Waals surface area contributed by atoms with Crippen molar-refractivity contribution in [3.05, 3.63) is 58.1 Å². The van der Waals surface area contributed by atoms with E-state index in [1.54, 1.807) is 23.5 Å². The molecule has 1 aromatic heterocycles. The van der Waals surface area contributed by atoms with Gasteiger partial charge < -0.3 is 0 Å². The number of hydrogen-bond donors (Lipinski definition) is 0. The van der Waals surface area contributed by atoms with Gasteiger partial charge >= 0.3 is 0 Å². The summed E-state index contributed by atoms with van der Waals surface area (Å²) in [7, 11) is 0. The summed E-state index contributed by atoms with van der Waals surface area (Å²) >= 11 is 1.56. The van der Waals surface area contributed by atoms with Crippen LogP contribution in [0.25, 0.3) is 22.2 Å². The van der Waals surface area contributed by atoms with Crippen LogP contribution in [0.3, 0.4) is 0 Å². The van der Waals surface area contributed by atoms with Crippen LogP contribution < -0.4 is 5.43 Å². The van der Waals surface area contributed by atoms with Crippen molar-refractivity contribution in [1.29, 1.82) is 0 Å². The predicted molar refractivity (Wildman–Crippen MR) is 79.6 cm³/mol. The largest absolute Gasteiger partial charge is 0.289 e. The topological polar surface area (TPSA) is 17.1 Å². The molecule has 0 saturated carbocycles. The van der Waals surface area contributed by atoms with E-state index < -0.39 is 0 Å². The van der Waals surface area contributed by atoms with Crippen LogP contribution in [0.1, 0.15) is 24.3 Å². The third kappa shape index (κ3) is 2.53. The van der Waals surface area contributed by atoms with Gasteiger partial charge in [-0.3, -0.25) is 4.79 Å². The number of fused-ring (bicyclic) bond motifs is 1. The van der Waals surface area contributed by atoms with Crippen LogP contribution in [0.4, 0.5) is 0 Å². The van der Waals surface area contributed by atoms with Gasteiger partial charge in [0.05, 0.1) is 0 Å². The van der Waals surface area contributed by atoms with Crippen LogP contribution in [-0.2, 0) is 0 Å². The first-order chi connectivity index (χ1) is 8.27. The van der Waals surface area contributed by atoms with E-state index in [4.69, 9.17) is 0 Å². The average molecular weight is 244 g/mol. The van der Waals surface area contributed by atoms with Crippen molar-refractivity contribution in [3.8, 4) is 0 Å². The molecule has 1 nitrogen and oxygen atoms in total. The molecular formula is C15H16OS. The molecule has 17 heavy (non-hydrogen) atoms. The summed E-state index contributed by atoms with van der Waals surface area (Å²) < 4.78 is 0.989. The first kappa shape index (κ1) is 13.4. The van der Waals surface area contributed by atoms with Crippen molar-refractivity contribution in [1.82, 2.24) is 0 Å². The van der Waals surface area contributed by atoms with E-state index in [1.165, 1.54) is 0 Å². The second kappa shape index (κ2) is 6.16.